The van der Waals surface area contributed by atoms with Crippen LogP contribution in [-0.2, 0) is 32.5 Å². The van der Waals surface area contributed by atoms with Crippen LogP contribution in [0, 0.1) is 11.3 Å². The minimum absolute atomic E-state index is 0.0146. The van der Waals surface area contributed by atoms with Crippen LogP contribution in [0.3, 0.4) is 0 Å². The van der Waals surface area contributed by atoms with Gasteiger partial charge in [0.05, 0.1) is 5.54 Å². The molecule has 0 N–H and O–H groups in total. The SMILES string of the molecule is CC(C)(C)c1ccc(N2c3ccc(C(C)(C)C)cc3B3c4ccc(C(C)(C)C)cc4N(c4cccc(C(C)(C)C)c4)c4cc(N5c6ccc(C(C)(C)C)cc6C6(C)CC(C(C)(C)C)CCC56C)cc2c43)cc1. The first-order chi connectivity index (χ1) is 33.2. The van der Waals surface area contributed by atoms with E-state index in [0.29, 0.717) is 5.92 Å². The summed E-state index contributed by atoms with van der Waals surface area (Å²) in [6.45, 7) is 48.0. The predicted molar refractivity (Wildman–Crippen MR) is 315 cm³/mol. The predicted octanol–water partition coefficient (Wildman–Crippen LogP) is 17.3. The van der Waals surface area contributed by atoms with Crippen molar-refractivity contribution in [2.45, 2.75) is 196 Å². The van der Waals surface area contributed by atoms with Gasteiger partial charge in [-0.05, 0) is 169 Å². The highest BCUT2D eigenvalue weighted by molar-refractivity contribution is 7.00. The number of anilines is 8. The molecular formula is C68H86BN3. The van der Waals surface area contributed by atoms with Gasteiger partial charge in [-0.15, -0.1) is 0 Å². The molecule has 4 heteroatoms. The second-order valence-corrected chi connectivity index (χ2v) is 29.4. The topological polar surface area (TPSA) is 9.72 Å². The van der Waals surface area contributed by atoms with Gasteiger partial charge in [0.1, 0.15) is 0 Å². The standard InChI is InChI=1S/C68H86BN3/c1-61(2,3)43-24-29-49(30-25-43)70-56-33-28-46(64(10,11)12)38-54(56)69-53-31-26-47(65(13,14)15)39-57(53)71(50-23-21-22-44(36-50)62(4,5)6)59-41-51(40-58(70)60(59)69)72-55-32-27-45(63(7,8)9)37-52(55)67(19)42-48(66(16,17)18)34-35-68(67,72)20/h21-33,36-41,48H,34-35,42H2,1-20H3. The minimum Gasteiger partial charge on any atom is -0.334 e. The number of hydrogen-bond acceptors (Lipinski definition) is 3. The molecule has 6 aromatic carbocycles. The van der Waals surface area contributed by atoms with Crippen molar-refractivity contribution < 1.29 is 0 Å². The van der Waals surface area contributed by atoms with E-state index in [2.05, 4.69) is 268 Å². The highest BCUT2D eigenvalue weighted by atomic mass is 15.3. The molecule has 3 unspecified atom stereocenters. The van der Waals surface area contributed by atoms with Crippen molar-refractivity contribution in [2.24, 2.45) is 11.3 Å². The summed E-state index contributed by atoms with van der Waals surface area (Å²) in [5.74, 6) is 0.618. The summed E-state index contributed by atoms with van der Waals surface area (Å²) >= 11 is 0. The van der Waals surface area contributed by atoms with E-state index in [1.165, 1.54) is 102 Å². The normalized spacial score (nSPS) is 21.0. The molecule has 0 bridgehead atoms. The molecular weight excluding hydrogens is 870 g/mol. The molecule has 72 heavy (non-hydrogen) atoms. The van der Waals surface area contributed by atoms with Crippen LogP contribution in [0.2, 0.25) is 0 Å². The first-order valence-electron chi connectivity index (χ1n) is 27.5. The van der Waals surface area contributed by atoms with Gasteiger partial charge in [0.2, 0.25) is 0 Å². The molecule has 1 saturated carbocycles. The maximum Gasteiger partial charge on any atom is 0.252 e. The molecule has 0 spiro atoms. The van der Waals surface area contributed by atoms with Gasteiger partial charge in [0.15, 0.2) is 0 Å². The van der Waals surface area contributed by atoms with Gasteiger partial charge in [-0.1, -0.05) is 192 Å². The first-order valence-corrected chi connectivity index (χ1v) is 27.5. The van der Waals surface area contributed by atoms with E-state index in [1.54, 1.807) is 0 Å². The van der Waals surface area contributed by atoms with E-state index in [1.807, 2.05) is 0 Å². The van der Waals surface area contributed by atoms with Gasteiger partial charge in [-0.25, -0.2) is 0 Å². The molecule has 10 rings (SSSR count). The Morgan fingerprint density at radius 2 is 0.931 bits per heavy atom. The van der Waals surface area contributed by atoms with Crippen molar-refractivity contribution in [3.63, 3.8) is 0 Å². The van der Waals surface area contributed by atoms with Crippen molar-refractivity contribution in [3.05, 3.63) is 149 Å². The summed E-state index contributed by atoms with van der Waals surface area (Å²) < 4.78 is 0. The lowest BCUT2D eigenvalue weighted by atomic mass is 9.33. The molecule has 3 heterocycles. The Kier molecular flexibility index (Phi) is 11.3. The zero-order chi connectivity index (χ0) is 52.3. The summed E-state index contributed by atoms with van der Waals surface area (Å²) in [4.78, 5) is 8.17. The number of rotatable bonds is 3. The van der Waals surface area contributed by atoms with Crippen LogP contribution in [0.5, 0.6) is 0 Å². The van der Waals surface area contributed by atoms with Crippen molar-refractivity contribution in [3.8, 4) is 0 Å². The number of fused-ring (bicyclic) bond motifs is 7. The average molecular weight is 956 g/mol. The molecule has 3 nitrogen and oxygen atoms in total. The van der Waals surface area contributed by atoms with Crippen LogP contribution in [-0.4, -0.2) is 12.3 Å². The second-order valence-electron chi connectivity index (χ2n) is 29.4. The largest absolute Gasteiger partial charge is 0.334 e. The lowest BCUT2D eigenvalue weighted by molar-refractivity contribution is 0.0786. The minimum atomic E-state index is -0.176. The summed E-state index contributed by atoms with van der Waals surface area (Å²) in [5, 5.41) is 0. The maximum atomic E-state index is 2.85. The average Bonchev–Trinajstić information content (AvgIpc) is 3.48. The fourth-order valence-corrected chi connectivity index (χ4v) is 13.2. The van der Waals surface area contributed by atoms with Gasteiger partial charge in [0.25, 0.3) is 6.71 Å². The number of benzene rings is 6. The molecule has 1 aliphatic carbocycles. The van der Waals surface area contributed by atoms with Crippen LogP contribution >= 0.6 is 0 Å². The molecule has 1 fully saturated rings. The Hall–Kier alpha value is -5.22. The van der Waals surface area contributed by atoms with Crippen molar-refractivity contribution >= 4 is 68.6 Å². The van der Waals surface area contributed by atoms with Crippen molar-refractivity contribution in [2.75, 3.05) is 14.7 Å². The Labute approximate surface area is 436 Å². The van der Waals surface area contributed by atoms with Gasteiger partial charge in [-0.2, -0.15) is 0 Å². The lowest BCUT2D eigenvalue weighted by Gasteiger charge is -2.55. The van der Waals surface area contributed by atoms with Crippen LogP contribution in [0.15, 0.2) is 115 Å². The summed E-state index contributed by atoms with van der Waals surface area (Å²) in [6, 6.07) is 46.7. The van der Waals surface area contributed by atoms with E-state index in [-0.39, 0.29) is 50.2 Å². The van der Waals surface area contributed by atoms with Crippen LogP contribution in [0.1, 0.15) is 191 Å². The summed E-state index contributed by atoms with van der Waals surface area (Å²) in [5.41, 5.74) is 22.5. The van der Waals surface area contributed by atoms with Crippen molar-refractivity contribution in [1.82, 2.24) is 0 Å². The number of nitrogens with zero attached hydrogens (tertiary/aromatic N) is 3. The monoisotopic (exact) mass is 956 g/mol. The summed E-state index contributed by atoms with van der Waals surface area (Å²) in [7, 11) is 0. The van der Waals surface area contributed by atoms with E-state index >= 15 is 0 Å². The molecule has 6 aromatic rings. The molecule has 3 atom stereocenters. The van der Waals surface area contributed by atoms with E-state index in [9.17, 15) is 0 Å². The Morgan fingerprint density at radius 3 is 1.50 bits per heavy atom. The van der Waals surface area contributed by atoms with E-state index < -0.39 is 0 Å². The fraction of sp³-hybridized carbons (Fsp3) is 0.471. The molecule has 0 amide bonds. The smallest absolute Gasteiger partial charge is 0.252 e. The second kappa shape index (κ2) is 16.1. The zero-order valence-electron chi connectivity index (χ0n) is 48.1. The van der Waals surface area contributed by atoms with Gasteiger partial charge in [0, 0.05) is 50.9 Å². The Balaban J connectivity index is 1.35. The van der Waals surface area contributed by atoms with Crippen LogP contribution < -0.4 is 31.1 Å². The third-order valence-corrected chi connectivity index (χ3v) is 18.2. The molecule has 0 saturated heterocycles. The van der Waals surface area contributed by atoms with Gasteiger partial charge < -0.3 is 14.7 Å². The lowest BCUT2D eigenvalue weighted by Crippen LogP contribution is -2.62. The third-order valence-electron chi connectivity index (χ3n) is 18.2. The molecule has 376 valence electrons. The molecule has 3 aliphatic heterocycles. The highest BCUT2D eigenvalue weighted by Crippen LogP contribution is 2.64. The summed E-state index contributed by atoms with van der Waals surface area (Å²) in [6.07, 6.45) is 3.48. The first kappa shape index (κ1) is 50.3. The van der Waals surface area contributed by atoms with Gasteiger partial charge >= 0.3 is 0 Å². The zero-order valence-corrected chi connectivity index (χ0v) is 48.1. The number of hydrogen-bond donors (Lipinski definition) is 0. The van der Waals surface area contributed by atoms with Crippen molar-refractivity contribution in [1.29, 1.82) is 0 Å². The maximum absolute atomic E-state index is 2.85. The molecule has 0 radical (unpaired) electrons. The third kappa shape index (κ3) is 7.98. The molecule has 4 aliphatic rings. The Morgan fingerprint density at radius 1 is 0.431 bits per heavy atom. The fourth-order valence-electron chi connectivity index (χ4n) is 13.2. The van der Waals surface area contributed by atoms with Crippen LogP contribution in [0.4, 0.5) is 45.5 Å². The van der Waals surface area contributed by atoms with E-state index in [0.717, 1.165) is 12.8 Å². The molecule has 0 aromatic heterocycles. The highest BCUT2D eigenvalue weighted by Gasteiger charge is 2.61. The Bertz CT molecular complexity index is 3110. The quantitative estimate of drug-likeness (QED) is 0.163. The van der Waals surface area contributed by atoms with E-state index in [4.69, 9.17) is 0 Å². The van der Waals surface area contributed by atoms with Gasteiger partial charge in [-0.3, -0.25) is 0 Å². The van der Waals surface area contributed by atoms with Crippen LogP contribution in [0.25, 0.3) is 0 Å².